The number of hydrogen-bond donors (Lipinski definition) is 1. The van der Waals surface area contributed by atoms with E-state index >= 15 is 0 Å². The third-order valence-electron chi connectivity index (χ3n) is 2.90. The molecule has 1 aliphatic carbocycles. The van der Waals surface area contributed by atoms with E-state index in [9.17, 15) is 0 Å². The van der Waals surface area contributed by atoms with Gasteiger partial charge in [-0.2, -0.15) is 0 Å². The molecular formula is C12H15Cl2N. The van der Waals surface area contributed by atoms with Crippen molar-refractivity contribution in [3.05, 3.63) is 28.2 Å². The molecular weight excluding hydrogens is 229 g/mol. The van der Waals surface area contributed by atoms with Gasteiger partial charge in [-0.3, -0.25) is 0 Å². The summed E-state index contributed by atoms with van der Waals surface area (Å²) in [6.07, 6.45) is 6.57. The molecule has 0 spiro atoms. The Bertz CT molecular complexity index is 332. The lowest BCUT2D eigenvalue weighted by atomic mass is 9.95. The number of hydrogen-bond acceptors (Lipinski definition) is 1. The molecule has 0 aliphatic heterocycles. The first-order valence-corrected chi connectivity index (χ1v) is 6.23. The van der Waals surface area contributed by atoms with Crippen molar-refractivity contribution in [3.8, 4) is 0 Å². The lowest BCUT2D eigenvalue weighted by molar-refractivity contribution is 0.463. The fourth-order valence-electron chi connectivity index (χ4n) is 2.07. The van der Waals surface area contributed by atoms with Crippen LogP contribution < -0.4 is 5.32 Å². The minimum Gasteiger partial charge on any atom is -0.382 e. The molecule has 1 nitrogen and oxygen atoms in total. The first-order valence-electron chi connectivity index (χ1n) is 5.47. The van der Waals surface area contributed by atoms with E-state index in [1.54, 1.807) is 0 Å². The van der Waals surface area contributed by atoms with Gasteiger partial charge in [0, 0.05) is 11.7 Å². The summed E-state index contributed by atoms with van der Waals surface area (Å²) in [5.41, 5.74) is 1.08. The molecule has 1 aliphatic rings. The van der Waals surface area contributed by atoms with Crippen molar-refractivity contribution in [3.63, 3.8) is 0 Å². The Kier molecular flexibility index (Phi) is 3.76. The summed E-state index contributed by atoms with van der Waals surface area (Å²) in [7, 11) is 0. The van der Waals surface area contributed by atoms with Gasteiger partial charge in [0.2, 0.25) is 0 Å². The number of anilines is 1. The summed E-state index contributed by atoms with van der Waals surface area (Å²) in [4.78, 5) is 0. The normalized spacial score (nSPS) is 17.7. The van der Waals surface area contributed by atoms with Gasteiger partial charge in [-0.25, -0.2) is 0 Å². The summed E-state index contributed by atoms with van der Waals surface area (Å²) in [6, 6.07) is 6.34. The Hall–Kier alpha value is -0.400. The second-order valence-corrected chi connectivity index (χ2v) is 4.92. The lowest BCUT2D eigenvalue weighted by Crippen LogP contribution is -2.22. The van der Waals surface area contributed by atoms with Crippen molar-refractivity contribution in [2.24, 2.45) is 0 Å². The quantitative estimate of drug-likeness (QED) is 0.792. The van der Waals surface area contributed by atoms with E-state index in [2.05, 4.69) is 5.32 Å². The van der Waals surface area contributed by atoms with Crippen molar-refractivity contribution in [1.29, 1.82) is 0 Å². The van der Waals surface area contributed by atoms with Crippen LogP contribution in [-0.4, -0.2) is 6.04 Å². The molecule has 0 amide bonds. The Morgan fingerprint density at radius 2 is 1.73 bits per heavy atom. The SMILES string of the molecule is Clc1ccc(NC2CCCCC2)cc1Cl. The average molecular weight is 244 g/mol. The van der Waals surface area contributed by atoms with E-state index in [-0.39, 0.29) is 0 Å². The maximum atomic E-state index is 5.96. The first-order chi connectivity index (χ1) is 7.25. The minimum absolute atomic E-state index is 0.607. The molecule has 3 heteroatoms. The predicted octanol–water partition coefficient (Wildman–Crippen LogP) is 4.74. The number of benzene rings is 1. The van der Waals surface area contributed by atoms with Crippen LogP contribution in [0.4, 0.5) is 5.69 Å². The molecule has 1 aromatic rings. The fourth-order valence-corrected chi connectivity index (χ4v) is 2.37. The maximum Gasteiger partial charge on any atom is 0.0612 e. The van der Waals surface area contributed by atoms with Crippen LogP contribution in [0.2, 0.25) is 10.0 Å². The van der Waals surface area contributed by atoms with E-state index in [0.717, 1.165) is 5.69 Å². The standard InChI is InChI=1S/C12H15Cl2N/c13-11-7-6-10(8-12(11)14)15-9-4-2-1-3-5-9/h6-9,15H,1-5H2. The largest absolute Gasteiger partial charge is 0.382 e. The highest BCUT2D eigenvalue weighted by molar-refractivity contribution is 6.42. The second kappa shape index (κ2) is 5.09. The lowest BCUT2D eigenvalue weighted by Gasteiger charge is -2.23. The molecule has 0 heterocycles. The highest BCUT2D eigenvalue weighted by Crippen LogP contribution is 2.27. The molecule has 0 unspecified atom stereocenters. The van der Waals surface area contributed by atoms with Gasteiger partial charge in [0.1, 0.15) is 0 Å². The van der Waals surface area contributed by atoms with Crippen LogP contribution in [0, 0.1) is 0 Å². The van der Waals surface area contributed by atoms with Crippen LogP contribution in [0.25, 0.3) is 0 Å². The minimum atomic E-state index is 0.607. The first kappa shape index (κ1) is 11.1. The zero-order valence-corrected chi connectivity index (χ0v) is 10.1. The van der Waals surface area contributed by atoms with Gasteiger partial charge in [0.15, 0.2) is 0 Å². The fraction of sp³-hybridized carbons (Fsp3) is 0.500. The zero-order valence-electron chi connectivity index (χ0n) is 8.60. The third kappa shape index (κ3) is 3.02. The molecule has 2 rings (SSSR count). The molecule has 0 atom stereocenters. The smallest absolute Gasteiger partial charge is 0.0612 e. The predicted molar refractivity (Wildman–Crippen MR) is 67.0 cm³/mol. The molecule has 0 radical (unpaired) electrons. The van der Waals surface area contributed by atoms with Gasteiger partial charge < -0.3 is 5.32 Å². The van der Waals surface area contributed by atoms with Gasteiger partial charge in [0.25, 0.3) is 0 Å². The summed E-state index contributed by atoms with van der Waals surface area (Å²) in [5.74, 6) is 0. The highest BCUT2D eigenvalue weighted by Gasteiger charge is 2.13. The van der Waals surface area contributed by atoms with Crippen molar-refractivity contribution in [2.75, 3.05) is 5.32 Å². The zero-order chi connectivity index (χ0) is 10.7. The Morgan fingerprint density at radius 3 is 2.40 bits per heavy atom. The second-order valence-electron chi connectivity index (χ2n) is 4.11. The molecule has 1 saturated carbocycles. The van der Waals surface area contributed by atoms with E-state index in [4.69, 9.17) is 23.2 Å². The van der Waals surface area contributed by atoms with Crippen LogP contribution in [0.5, 0.6) is 0 Å². The molecule has 1 N–H and O–H groups in total. The van der Waals surface area contributed by atoms with E-state index in [1.165, 1.54) is 32.1 Å². The molecule has 0 bridgehead atoms. The summed E-state index contributed by atoms with van der Waals surface area (Å²) in [6.45, 7) is 0. The average Bonchev–Trinajstić information content (AvgIpc) is 2.25. The van der Waals surface area contributed by atoms with Crippen LogP contribution in [-0.2, 0) is 0 Å². The maximum absolute atomic E-state index is 5.96. The van der Waals surface area contributed by atoms with Gasteiger partial charge >= 0.3 is 0 Å². The van der Waals surface area contributed by atoms with Crippen molar-refractivity contribution < 1.29 is 0 Å². The summed E-state index contributed by atoms with van der Waals surface area (Å²) in [5, 5.41) is 4.75. The molecule has 0 saturated heterocycles. The van der Waals surface area contributed by atoms with E-state index in [0.29, 0.717) is 16.1 Å². The highest BCUT2D eigenvalue weighted by atomic mass is 35.5. The van der Waals surface area contributed by atoms with Crippen molar-refractivity contribution in [2.45, 2.75) is 38.1 Å². The Morgan fingerprint density at radius 1 is 1.00 bits per heavy atom. The van der Waals surface area contributed by atoms with Crippen LogP contribution in [0.1, 0.15) is 32.1 Å². The molecule has 15 heavy (non-hydrogen) atoms. The van der Waals surface area contributed by atoms with E-state index in [1.807, 2.05) is 18.2 Å². The number of halogens is 2. The van der Waals surface area contributed by atoms with Gasteiger partial charge in [-0.15, -0.1) is 0 Å². The molecule has 1 aromatic carbocycles. The Labute approximate surface area is 101 Å². The topological polar surface area (TPSA) is 12.0 Å². The van der Waals surface area contributed by atoms with Gasteiger partial charge in [0.05, 0.1) is 10.0 Å². The van der Waals surface area contributed by atoms with Crippen molar-refractivity contribution in [1.82, 2.24) is 0 Å². The summed E-state index contributed by atoms with van der Waals surface area (Å²) >= 11 is 11.8. The van der Waals surface area contributed by atoms with Crippen LogP contribution >= 0.6 is 23.2 Å². The molecule has 82 valence electrons. The number of rotatable bonds is 2. The van der Waals surface area contributed by atoms with Crippen molar-refractivity contribution >= 4 is 28.9 Å². The van der Waals surface area contributed by atoms with Crippen LogP contribution in [0.15, 0.2) is 18.2 Å². The van der Waals surface area contributed by atoms with Gasteiger partial charge in [-0.05, 0) is 31.0 Å². The van der Waals surface area contributed by atoms with Crippen LogP contribution in [0.3, 0.4) is 0 Å². The monoisotopic (exact) mass is 243 g/mol. The number of nitrogens with one attached hydrogen (secondary N) is 1. The Balaban J connectivity index is 2.00. The molecule has 0 aromatic heterocycles. The third-order valence-corrected chi connectivity index (χ3v) is 3.63. The van der Waals surface area contributed by atoms with E-state index < -0.39 is 0 Å². The summed E-state index contributed by atoms with van der Waals surface area (Å²) < 4.78 is 0. The van der Waals surface area contributed by atoms with Gasteiger partial charge in [-0.1, -0.05) is 42.5 Å². The molecule has 1 fully saturated rings.